The average molecular weight is 212 g/mol. The van der Waals surface area contributed by atoms with Gasteiger partial charge in [-0.1, -0.05) is 6.08 Å². The zero-order valence-electron chi connectivity index (χ0n) is 8.95. The molecule has 1 heterocycles. The molecule has 15 heavy (non-hydrogen) atoms. The Hall–Kier alpha value is -1.32. The highest BCUT2D eigenvalue weighted by molar-refractivity contribution is 5.84. The molecule has 0 unspecified atom stereocenters. The smallest absolute Gasteiger partial charge is 0.350 e. The standard InChI is InChI=1S/C11H16O4/c1-3-7-11(10(13)14-4-2)8-5-6-9(12)15-11/h3H,1,4-8H2,2H3/t11-/m1/s1. The molecule has 0 spiro atoms. The summed E-state index contributed by atoms with van der Waals surface area (Å²) in [7, 11) is 0. The van der Waals surface area contributed by atoms with Crippen molar-refractivity contribution in [2.24, 2.45) is 0 Å². The van der Waals surface area contributed by atoms with Gasteiger partial charge in [0.15, 0.2) is 0 Å². The average Bonchev–Trinajstić information content (AvgIpc) is 2.18. The van der Waals surface area contributed by atoms with Crippen LogP contribution in [0.3, 0.4) is 0 Å². The number of cyclic esters (lactones) is 1. The van der Waals surface area contributed by atoms with Crippen LogP contribution in [0.1, 0.15) is 32.6 Å². The van der Waals surface area contributed by atoms with E-state index in [-0.39, 0.29) is 12.6 Å². The zero-order valence-corrected chi connectivity index (χ0v) is 8.95. The van der Waals surface area contributed by atoms with Crippen molar-refractivity contribution in [1.29, 1.82) is 0 Å². The van der Waals surface area contributed by atoms with Gasteiger partial charge in [0.2, 0.25) is 5.60 Å². The van der Waals surface area contributed by atoms with Crippen molar-refractivity contribution >= 4 is 11.9 Å². The van der Waals surface area contributed by atoms with Gasteiger partial charge in [0.05, 0.1) is 6.61 Å². The topological polar surface area (TPSA) is 52.6 Å². The van der Waals surface area contributed by atoms with Gasteiger partial charge in [0.25, 0.3) is 0 Å². The van der Waals surface area contributed by atoms with Gasteiger partial charge in [-0.3, -0.25) is 4.79 Å². The van der Waals surface area contributed by atoms with Crippen molar-refractivity contribution in [3.63, 3.8) is 0 Å². The lowest BCUT2D eigenvalue weighted by Gasteiger charge is -2.33. The zero-order chi connectivity index (χ0) is 11.3. The van der Waals surface area contributed by atoms with E-state index in [0.29, 0.717) is 25.7 Å². The molecule has 1 fully saturated rings. The summed E-state index contributed by atoms with van der Waals surface area (Å²) in [6.45, 7) is 5.58. The molecule has 1 rings (SSSR count). The number of esters is 2. The summed E-state index contributed by atoms with van der Waals surface area (Å²) in [4.78, 5) is 22.9. The van der Waals surface area contributed by atoms with Crippen LogP contribution in [0.4, 0.5) is 0 Å². The normalized spacial score (nSPS) is 25.5. The SMILES string of the molecule is C=CC[C@]1(C(=O)OCC)CCCC(=O)O1. The molecule has 0 aromatic rings. The molecule has 1 aliphatic rings. The van der Waals surface area contributed by atoms with Crippen LogP contribution in [-0.4, -0.2) is 24.1 Å². The Bertz CT molecular complexity index is 272. The van der Waals surface area contributed by atoms with Crippen molar-refractivity contribution in [3.05, 3.63) is 12.7 Å². The maximum atomic E-state index is 11.7. The Morgan fingerprint density at radius 1 is 1.73 bits per heavy atom. The van der Waals surface area contributed by atoms with Crippen molar-refractivity contribution in [2.45, 2.75) is 38.2 Å². The first-order valence-corrected chi connectivity index (χ1v) is 5.14. The van der Waals surface area contributed by atoms with Crippen LogP contribution < -0.4 is 0 Å². The highest BCUT2D eigenvalue weighted by atomic mass is 16.6. The number of hydrogen-bond donors (Lipinski definition) is 0. The first-order valence-electron chi connectivity index (χ1n) is 5.14. The summed E-state index contributed by atoms with van der Waals surface area (Å²) in [5.41, 5.74) is -1.12. The number of carbonyl (C=O) groups is 2. The molecule has 1 atom stereocenters. The molecule has 84 valence electrons. The van der Waals surface area contributed by atoms with Gasteiger partial charge in [-0.15, -0.1) is 6.58 Å². The van der Waals surface area contributed by atoms with Crippen molar-refractivity contribution in [2.75, 3.05) is 6.61 Å². The number of rotatable bonds is 4. The molecule has 4 heteroatoms. The lowest BCUT2D eigenvalue weighted by Crippen LogP contribution is -2.46. The van der Waals surface area contributed by atoms with Gasteiger partial charge in [-0.25, -0.2) is 4.79 Å². The first kappa shape index (κ1) is 11.8. The summed E-state index contributed by atoms with van der Waals surface area (Å²) in [6, 6.07) is 0. The maximum absolute atomic E-state index is 11.7. The lowest BCUT2D eigenvalue weighted by molar-refractivity contribution is -0.188. The summed E-state index contributed by atoms with van der Waals surface area (Å²) in [5.74, 6) is -0.797. The maximum Gasteiger partial charge on any atom is 0.350 e. The first-order chi connectivity index (χ1) is 7.14. The third-order valence-electron chi connectivity index (χ3n) is 2.39. The second-order valence-electron chi connectivity index (χ2n) is 3.54. The van der Waals surface area contributed by atoms with Gasteiger partial charge in [-0.05, 0) is 19.8 Å². The largest absolute Gasteiger partial charge is 0.463 e. The molecule has 1 aliphatic heterocycles. The Balaban J connectivity index is 2.80. The summed E-state index contributed by atoms with van der Waals surface area (Å²) < 4.78 is 10.1. The van der Waals surface area contributed by atoms with E-state index in [4.69, 9.17) is 9.47 Å². The Kier molecular flexibility index (Phi) is 3.88. The van der Waals surface area contributed by atoms with E-state index in [9.17, 15) is 9.59 Å². The quantitative estimate of drug-likeness (QED) is 0.524. The second kappa shape index (κ2) is 4.96. The molecule has 0 amide bonds. The van der Waals surface area contributed by atoms with E-state index in [1.54, 1.807) is 13.0 Å². The number of ether oxygens (including phenoxy) is 2. The summed E-state index contributed by atoms with van der Waals surface area (Å²) in [6.07, 6.45) is 3.44. The molecule has 0 bridgehead atoms. The van der Waals surface area contributed by atoms with E-state index in [0.717, 1.165) is 0 Å². The molecule has 0 aromatic heterocycles. The molecule has 0 saturated carbocycles. The van der Waals surface area contributed by atoms with E-state index in [1.165, 1.54) is 0 Å². The van der Waals surface area contributed by atoms with Crippen LogP contribution in [0.25, 0.3) is 0 Å². The second-order valence-corrected chi connectivity index (χ2v) is 3.54. The molecule has 0 aliphatic carbocycles. The van der Waals surface area contributed by atoms with Gasteiger partial charge in [0, 0.05) is 12.8 Å². The third-order valence-corrected chi connectivity index (χ3v) is 2.39. The molecule has 1 saturated heterocycles. The number of hydrogen-bond acceptors (Lipinski definition) is 4. The lowest BCUT2D eigenvalue weighted by atomic mass is 9.90. The third kappa shape index (κ3) is 2.58. The van der Waals surface area contributed by atoms with E-state index in [1.807, 2.05) is 0 Å². The van der Waals surface area contributed by atoms with E-state index < -0.39 is 11.6 Å². The van der Waals surface area contributed by atoms with Crippen LogP contribution in [0, 0.1) is 0 Å². The minimum Gasteiger partial charge on any atom is -0.463 e. The molecule has 4 nitrogen and oxygen atoms in total. The van der Waals surface area contributed by atoms with Crippen LogP contribution in [0.15, 0.2) is 12.7 Å². The van der Waals surface area contributed by atoms with Crippen LogP contribution in [-0.2, 0) is 19.1 Å². The van der Waals surface area contributed by atoms with Crippen molar-refractivity contribution in [1.82, 2.24) is 0 Å². The monoisotopic (exact) mass is 212 g/mol. The predicted octanol–water partition coefficient (Wildman–Crippen LogP) is 1.59. The summed E-state index contributed by atoms with van der Waals surface area (Å²) >= 11 is 0. The van der Waals surface area contributed by atoms with E-state index in [2.05, 4.69) is 6.58 Å². The fraction of sp³-hybridized carbons (Fsp3) is 0.636. The minimum atomic E-state index is -1.12. The Labute approximate surface area is 89.2 Å². The van der Waals surface area contributed by atoms with Gasteiger partial charge in [-0.2, -0.15) is 0 Å². The van der Waals surface area contributed by atoms with E-state index >= 15 is 0 Å². The number of carbonyl (C=O) groups excluding carboxylic acids is 2. The fourth-order valence-corrected chi connectivity index (χ4v) is 1.70. The summed E-state index contributed by atoms with van der Waals surface area (Å²) in [5, 5.41) is 0. The molecule has 0 N–H and O–H groups in total. The minimum absolute atomic E-state index is 0.287. The van der Waals surface area contributed by atoms with Gasteiger partial charge >= 0.3 is 11.9 Å². The van der Waals surface area contributed by atoms with Crippen LogP contribution in [0.5, 0.6) is 0 Å². The Morgan fingerprint density at radius 2 is 2.47 bits per heavy atom. The fourth-order valence-electron chi connectivity index (χ4n) is 1.70. The van der Waals surface area contributed by atoms with Crippen LogP contribution in [0.2, 0.25) is 0 Å². The van der Waals surface area contributed by atoms with Gasteiger partial charge < -0.3 is 9.47 Å². The molecular weight excluding hydrogens is 196 g/mol. The predicted molar refractivity (Wildman–Crippen MR) is 54.1 cm³/mol. The van der Waals surface area contributed by atoms with Gasteiger partial charge in [0.1, 0.15) is 0 Å². The highest BCUT2D eigenvalue weighted by Crippen LogP contribution is 2.30. The van der Waals surface area contributed by atoms with Crippen molar-refractivity contribution in [3.8, 4) is 0 Å². The molecule has 0 radical (unpaired) electrons. The molecular formula is C11H16O4. The van der Waals surface area contributed by atoms with Crippen molar-refractivity contribution < 1.29 is 19.1 Å². The van der Waals surface area contributed by atoms with Crippen LogP contribution >= 0.6 is 0 Å². The highest BCUT2D eigenvalue weighted by Gasteiger charge is 2.44. The Morgan fingerprint density at radius 3 is 3.00 bits per heavy atom. The molecule has 0 aromatic carbocycles.